The lowest BCUT2D eigenvalue weighted by molar-refractivity contribution is 0.781. The Hall–Kier alpha value is -2.17. The highest BCUT2D eigenvalue weighted by molar-refractivity contribution is 5.94. The van der Waals surface area contributed by atoms with Gasteiger partial charge in [-0.25, -0.2) is 9.97 Å². The van der Waals surface area contributed by atoms with E-state index in [1.807, 2.05) is 18.2 Å². The van der Waals surface area contributed by atoms with Crippen molar-refractivity contribution in [3.63, 3.8) is 0 Å². The maximum atomic E-state index is 4.66. The first-order valence-corrected chi connectivity index (χ1v) is 7.18. The highest BCUT2D eigenvalue weighted by atomic mass is 15.3. The molecule has 1 aromatic carbocycles. The Bertz CT molecular complexity index is 635. The number of aliphatic imine (C=N–C) groups is 1. The van der Waals surface area contributed by atoms with Gasteiger partial charge in [0.2, 0.25) is 5.95 Å². The summed E-state index contributed by atoms with van der Waals surface area (Å²) in [6.07, 6.45) is 3.28. The van der Waals surface area contributed by atoms with Crippen molar-refractivity contribution in [2.45, 2.75) is 26.2 Å². The molecule has 0 radical (unpaired) electrons. The monoisotopic (exact) mass is 269 g/mol. The Kier molecular flexibility index (Phi) is 3.76. The molecule has 0 saturated heterocycles. The van der Waals surface area contributed by atoms with Crippen molar-refractivity contribution in [2.75, 3.05) is 18.4 Å². The Morgan fingerprint density at radius 3 is 2.95 bits per heavy atom. The third kappa shape index (κ3) is 2.71. The summed E-state index contributed by atoms with van der Waals surface area (Å²) in [4.78, 5) is 13.5. The van der Waals surface area contributed by atoms with Crippen molar-refractivity contribution >= 4 is 22.8 Å². The number of aromatic nitrogens is 2. The molecule has 0 bridgehead atoms. The van der Waals surface area contributed by atoms with Crippen LogP contribution in [0, 0.1) is 0 Å². The van der Waals surface area contributed by atoms with Crippen LogP contribution in [-0.2, 0) is 6.42 Å². The minimum absolute atomic E-state index is 0.628. The molecule has 3 rings (SSSR count). The maximum Gasteiger partial charge on any atom is 0.230 e. The van der Waals surface area contributed by atoms with E-state index in [2.05, 4.69) is 38.6 Å². The van der Waals surface area contributed by atoms with E-state index in [0.717, 1.165) is 54.9 Å². The lowest BCUT2D eigenvalue weighted by Gasteiger charge is -2.10. The standard InChI is InChI=1S/C15H19N5/c1-2-3-7-12-11-6-4-5-8-13(11)19-15(18-12)20-14-16-9-10-17-14/h4-6,8H,2-3,7,9-10H2,1H3,(H2,16,17,18,19,20). The Morgan fingerprint density at radius 2 is 2.15 bits per heavy atom. The van der Waals surface area contributed by atoms with Crippen molar-refractivity contribution in [2.24, 2.45) is 4.99 Å². The quantitative estimate of drug-likeness (QED) is 0.894. The predicted octanol–water partition coefficient (Wildman–Crippen LogP) is 2.34. The fraction of sp³-hybridized carbons (Fsp3) is 0.400. The molecule has 0 spiro atoms. The molecule has 1 aromatic heterocycles. The topological polar surface area (TPSA) is 62.2 Å². The Labute approximate surface area is 118 Å². The molecule has 0 amide bonds. The summed E-state index contributed by atoms with van der Waals surface area (Å²) in [5.41, 5.74) is 2.09. The number of hydrogen-bond donors (Lipinski definition) is 2. The van der Waals surface area contributed by atoms with Gasteiger partial charge in [-0.3, -0.25) is 10.3 Å². The van der Waals surface area contributed by atoms with Crippen molar-refractivity contribution in [3.8, 4) is 0 Å². The number of unbranched alkanes of at least 4 members (excludes halogenated alkanes) is 1. The first kappa shape index (κ1) is 12.8. The lowest BCUT2D eigenvalue weighted by Crippen LogP contribution is -2.27. The number of rotatable bonds is 4. The van der Waals surface area contributed by atoms with Crippen LogP contribution in [0.5, 0.6) is 0 Å². The number of nitrogens with one attached hydrogen (secondary N) is 2. The van der Waals surface area contributed by atoms with Crippen LogP contribution >= 0.6 is 0 Å². The van der Waals surface area contributed by atoms with E-state index in [1.165, 1.54) is 0 Å². The molecule has 1 aliphatic heterocycles. The molecule has 2 heterocycles. The summed E-state index contributed by atoms with van der Waals surface area (Å²) < 4.78 is 0. The summed E-state index contributed by atoms with van der Waals surface area (Å²) in [6.45, 7) is 3.87. The average molecular weight is 269 g/mol. The van der Waals surface area contributed by atoms with Crippen LogP contribution < -0.4 is 10.6 Å². The highest BCUT2D eigenvalue weighted by Crippen LogP contribution is 2.19. The van der Waals surface area contributed by atoms with Crippen molar-refractivity contribution < 1.29 is 0 Å². The summed E-state index contributed by atoms with van der Waals surface area (Å²) in [5.74, 6) is 1.39. The van der Waals surface area contributed by atoms with E-state index >= 15 is 0 Å². The second-order valence-electron chi connectivity index (χ2n) is 4.90. The number of nitrogens with zero attached hydrogens (tertiary/aromatic N) is 3. The number of aryl methyl sites for hydroxylation is 1. The van der Waals surface area contributed by atoms with E-state index in [0.29, 0.717) is 5.95 Å². The van der Waals surface area contributed by atoms with Gasteiger partial charge < -0.3 is 5.32 Å². The Balaban J connectivity index is 1.95. The first-order valence-electron chi connectivity index (χ1n) is 7.18. The average Bonchev–Trinajstić information content (AvgIpc) is 2.97. The summed E-state index contributed by atoms with van der Waals surface area (Å²) in [7, 11) is 0. The molecule has 0 aliphatic carbocycles. The van der Waals surface area contributed by atoms with Gasteiger partial charge >= 0.3 is 0 Å². The van der Waals surface area contributed by atoms with E-state index in [1.54, 1.807) is 0 Å². The minimum Gasteiger partial charge on any atom is -0.354 e. The number of hydrogen-bond acceptors (Lipinski definition) is 5. The fourth-order valence-electron chi connectivity index (χ4n) is 2.32. The van der Waals surface area contributed by atoms with Gasteiger partial charge in [-0.05, 0) is 18.9 Å². The van der Waals surface area contributed by atoms with Crippen LogP contribution in [0.3, 0.4) is 0 Å². The number of guanidine groups is 1. The molecule has 1 aliphatic rings. The molecule has 2 N–H and O–H groups in total. The van der Waals surface area contributed by atoms with E-state index in [9.17, 15) is 0 Å². The van der Waals surface area contributed by atoms with Crippen molar-refractivity contribution in [1.82, 2.24) is 15.3 Å². The molecule has 0 unspecified atom stereocenters. The van der Waals surface area contributed by atoms with Crippen LogP contribution in [0.2, 0.25) is 0 Å². The molecule has 0 atom stereocenters. The summed E-state index contributed by atoms with van der Waals surface area (Å²) in [5, 5.41) is 7.49. The zero-order chi connectivity index (χ0) is 13.8. The smallest absolute Gasteiger partial charge is 0.230 e. The minimum atomic E-state index is 0.628. The largest absolute Gasteiger partial charge is 0.354 e. The third-order valence-electron chi connectivity index (χ3n) is 3.35. The first-order chi connectivity index (χ1) is 9.86. The molecular weight excluding hydrogens is 250 g/mol. The normalized spacial score (nSPS) is 14.2. The van der Waals surface area contributed by atoms with Crippen molar-refractivity contribution in [1.29, 1.82) is 0 Å². The lowest BCUT2D eigenvalue weighted by atomic mass is 10.1. The third-order valence-corrected chi connectivity index (χ3v) is 3.35. The van der Waals surface area contributed by atoms with Gasteiger partial charge in [-0.2, -0.15) is 0 Å². The van der Waals surface area contributed by atoms with E-state index < -0.39 is 0 Å². The van der Waals surface area contributed by atoms with Crippen LogP contribution in [-0.4, -0.2) is 29.0 Å². The molecule has 104 valence electrons. The number of anilines is 1. The zero-order valence-electron chi connectivity index (χ0n) is 11.7. The molecule has 5 heteroatoms. The van der Waals surface area contributed by atoms with Crippen LogP contribution in [0.1, 0.15) is 25.5 Å². The van der Waals surface area contributed by atoms with Crippen LogP contribution in [0.15, 0.2) is 29.3 Å². The van der Waals surface area contributed by atoms with Crippen LogP contribution in [0.25, 0.3) is 10.9 Å². The molecule has 20 heavy (non-hydrogen) atoms. The van der Waals surface area contributed by atoms with E-state index in [4.69, 9.17) is 0 Å². The summed E-state index contributed by atoms with van der Waals surface area (Å²) >= 11 is 0. The zero-order valence-corrected chi connectivity index (χ0v) is 11.7. The molecule has 5 nitrogen and oxygen atoms in total. The highest BCUT2D eigenvalue weighted by Gasteiger charge is 2.10. The van der Waals surface area contributed by atoms with Crippen LogP contribution in [0.4, 0.5) is 5.95 Å². The predicted molar refractivity (Wildman–Crippen MR) is 82.1 cm³/mol. The molecule has 0 fully saturated rings. The van der Waals surface area contributed by atoms with Gasteiger partial charge in [0.1, 0.15) is 0 Å². The van der Waals surface area contributed by atoms with Gasteiger partial charge in [0.05, 0.1) is 17.8 Å². The second-order valence-corrected chi connectivity index (χ2v) is 4.90. The molecular formula is C15H19N5. The molecule has 2 aromatic rings. The van der Waals surface area contributed by atoms with E-state index in [-0.39, 0.29) is 0 Å². The van der Waals surface area contributed by atoms with Crippen molar-refractivity contribution in [3.05, 3.63) is 30.0 Å². The maximum absolute atomic E-state index is 4.66. The SMILES string of the molecule is CCCCc1nc(NC2=NCCN2)nc2ccccc12. The van der Waals surface area contributed by atoms with Gasteiger partial charge in [0.25, 0.3) is 0 Å². The second kappa shape index (κ2) is 5.86. The van der Waals surface area contributed by atoms with Gasteiger partial charge in [0.15, 0.2) is 5.96 Å². The molecule has 0 saturated carbocycles. The van der Waals surface area contributed by atoms with Gasteiger partial charge in [-0.1, -0.05) is 31.5 Å². The Morgan fingerprint density at radius 1 is 1.25 bits per heavy atom. The number of benzene rings is 1. The summed E-state index contributed by atoms with van der Waals surface area (Å²) in [6, 6.07) is 8.17. The van der Waals surface area contributed by atoms with Gasteiger partial charge in [0, 0.05) is 11.9 Å². The fourth-order valence-corrected chi connectivity index (χ4v) is 2.32. The number of para-hydroxylation sites is 1. The number of fused-ring (bicyclic) bond motifs is 1. The van der Waals surface area contributed by atoms with Gasteiger partial charge in [-0.15, -0.1) is 0 Å².